The molecule has 4 rings (SSSR count). The van der Waals surface area contributed by atoms with Crippen molar-refractivity contribution in [2.24, 2.45) is 0 Å². The van der Waals surface area contributed by atoms with Crippen LogP contribution in [0, 0.1) is 5.82 Å². The highest BCUT2D eigenvalue weighted by Gasteiger charge is 2.44. The number of halogens is 5. The van der Waals surface area contributed by atoms with Gasteiger partial charge >= 0.3 is 12.5 Å². The third kappa shape index (κ3) is 5.84. The smallest absolute Gasteiger partial charge is 0.428 e. The molecule has 1 amide bonds. The Morgan fingerprint density at radius 2 is 1.86 bits per heavy atom. The van der Waals surface area contributed by atoms with Crippen LogP contribution in [0.2, 0.25) is 0 Å². The summed E-state index contributed by atoms with van der Waals surface area (Å²) in [5.41, 5.74) is 3.06. The van der Waals surface area contributed by atoms with Crippen molar-refractivity contribution in [3.05, 3.63) is 100 Å². The number of alkyl halides is 4. The number of hydrogen-bond donors (Lipinski definition) is 2. The largest absolute Gasteiger partial charge is 0.461 e. The summed E-state index contributed by atoms with van der Waals surface area (Å²) in [7, 11) is 0. The van der Waals surface area contributed by atoms with Crippen LogP contribution in [0.4, 0.5) is 22.0 Å². The van der Waals surface area contributed by atoms with Gasteiger partial charge in [0.05, 0.1) is 12.1 Å². The third-order valence-corrected chi connectivity index (χ3v) is 6.11. The van der Waals surface area contributed by atoms with Gasteiger partial charge in [0, 0.05) is 5.57 Å². The fourth-order valence-corrected chi connectivity index (χ4v) is 4.32. The first-order valence-electron chi connectivity index (χ1n) is 11.4. The van der Waals surface area contributed by atoms with E-state index in [9.17, 15) is 31.9 Å². The molecule has 0 fully saturated rings. The van der Waals surface area contributed by atoms with Crippen LogP contribution < -0.4 is 10.1 Å². The quantitative estimate of drug-likeness (QED) is 0.424. The number of amides is 1. The molecular formula is C27H24F5NO3. The van der Waals surface area contributed by atoms with E-state index in [4.69, 9.17) is 0 Å². The number of rotatable bonds is 9. The molecular weight excluding hydrogens is 481 g/mol. The summed E-state index contributed by atoms with van der Waals surface area (Å²) in [6, 6.07) is 9.27. The van der Waals surface area contributed by atoms with Crippen molar-refractivity contribution in [1.29, 1.82) is 0 Å². The van der Waals surface area contributed by atoms with Crippen molar-refractivity contribution in [3.63, 3.8) is 0 Å². The third-order valence-electron chi connectivity index (χ3n) is 6.11. The fourth-order valence-electron chi connectivity index (χ4n) is 4.32. The Morgan fingerprint density at radius 1 is 1.11 bits per heavy atom. The fraction of sp³-hybridized carbons (Fsp3) is 0.296. The highest BCUT2D eigenvalue weighted by molar-refractivity contribution is 5.99. The van der Waals surface area contributed by atoms with Crippen molar-refractivity contribution < 1.29 is 36.6 Å². The number of ether oxygens (including phenoxy) is 1. The van der Waals surface area contributed by atoms with E-state index < -0.39 is 42.2 Å². The lowest BCUT2D eigenvalue weighted by atomic mass is 9.93. The number of carbonyl (C=O) groups is 1. The second kappa shape index (κ2) is 10.7. The van der Waals surface area contributed by atoms with Crippen molar-refractivity contribution in [1.82, 2.24) is 5.32 Å². The van der Waals surface area contributed by atoms with Crippen LogP contribution in [0.5, 0.6) is 5.75 Å². The predicted octanol–water partition coefficient (Wildman–Crippen LogP) is 5.80. The molecule has 0 spiro atoms. The molecule has 0 heterocycles. The first-order valence-corrected chi connectivity index (χ1v) is 11.4. The number of nitrogens with one attached hydrogen (secondary N) is 1. The van der Waals surface area contributed by atoms with E-state index in [0.29, 0.717) is 16.7 Å². The van der Waals surface area contributed by atoms with Crippen LogP contribution in [0.1, 0.15) is 36.5 Å². The Kier molecular flexibility index (Phi) is 7.59. The van der Waals surface area contributed by atoms with E-state index in [0.717, 1.165) is 42.5 Å². The maximum Gasteiger partial charge on any atom is 0.461 e. The average Bonchev–Trinajstić information content (AvgIpc) is 3.28. The second-order valence-corrected chi connectivity index (χ2v) is 8.67. The van der Waals surface area contributed by atoms with Crippen molar-refractivity contribution in [2.45, 2.75) is 50.4 Å². The van der Waals surface area contributed by atoms with Gasteiger partial charge in [0.15, 0.2) is 0 Å². The molecule has 0 bridgehead atoms. The zero-order valence-corrected chi connectivity index (χ0v) is 19.1. The zero-order valence-electron chi connectivity index (χ0n) is 19.1. The molecule has 190 valence electrons. The molecule has 0 saturated carbocycles. The number of carbonyl (C=O) groups excluding carboxylic acids is 1. The molecule has 4 nitrogen and oxygen atoms in total. The number of aliphatic hydroxyl groups is 1. The van der Waals surface area contributed by atoms with Gasteiger partial charge in [-0.05, 0) is 78.3 Å². The maximum absolute atomic E-state index is 13.4. The molecule has 2 atom stereocenters. The molecule has 0 aromatic heterocycles. The number of aliphatic hydroxyl groups excluding tert-OH is 1. The lowest BCUT2D eigenvalue weighted by molar-refractivity contribution is -0.253. The molecule has 36 heavy (non-hydrogen) atoms. The van der Waals surface area contributed by atoms with Crippen LogP contribution in [-0.2, 0) is 11.2 Å². The summed E-state index contributed by atoms with van der Waals surface area (Å²) in [5.74, 6) is -1.41. The van der Waals surface area contributed by atoms with E-state index in [1.54, 1.807) is 6.08 Å². The van der Waals surface area contributed by atoms with Gasteiger partial charge in [0.1, 0.15) is 11.6 Å². The Morgan fingerprint density at radius 3 is 2.58 bits per heavy atom. The van der Waals surface area contributed by atoms with E-state index >= 15 is 0 Å². The zero-order chi connectivity index (χ0) is 25.9. The van der Waals surface area contributed by atoms with E-state index in [1.807, 2.05) is 6.08 Å². The summed E-state index contributed by atoms with van der Waals surface area (Å²) in [6.45, 7) is 0. The molecule has 0 radical (unpaired) electrons. The Balaban J connectivity index is 1.59. The van der Waals surface area contributed by atoms with Gasteiger partial charge < -0.3 is 15.2 Å². The van der Waals surface area contributed by atoms with Crippen molar-refractivity contribution >= 4 is 5.91 Å². The topological polar surface area (TPSA) is 58.6 Å². The van der Waals surface area contributed by atoms with Gasteiger partial charge in [-0.15, -0.1) is 0 Å². The number of fused-ring (bicyclic) bond motifs is 1. The molecule has 2 N–H and O–H groups in total. The van der Waals surface area contributed by atoms with E-state index in [1.165, 1.54) is 36.4 Å². The second-order valence-electron chi connectivity index (χ2n) is 8.67. The Hall–Kier alpha value is -3.46. The highest BCUT2D eigenvalue weighted by Crippen LogP contribution is 2.34. The molecule has 2 aliphatic rings. The van der Waals surface area contributed by atoms with Gasteiger partial charge in [0.25, 0.3) is 5.91 Å². The van der Waals surface area contributed by atoms with Crippen LogP contribution >= 0.6 is 0 Å². The lowest BCUT2D eigenvalue weighted by Gasteiger charge is -2.26. The molecule has 9 heteroatoms. The highest BCUT2D eigenvalue weighted by atomic mass is 19.3. The van der Waals surface area contributed by atoms with Gasteiger partial charge in [-0.25, -0.2) is 4.39 Å². The minimum atomic E-state index is -4.67. The van der Waals surface area contributed by atoms with Gasteiger partial charge in [0.2, 0.25) is 0 Å². The Labute approximate surface area is 204 Å². The molecule has 2 aromatic carbocycles. The summed E-state index contributed by atoms with van der Waals surface area (Å²) < 4.78 is 69.4. The summed E-state index contributed by atoms with van der Waals surface area (Å²) >= 11 is 0. The molecule has 2 unspecified atom stereocenters. The minimum absolute atomic E-state index is 0.0449. The lowest BCUT2D eigenvalue weighted by Crippen LogP contribution is -2.41. The minimum Gasteiger partial charge on any atom is -0.428 e. The summed E-state index contributed by atoms with van der Waals surface area (Å²) in [4.78, 5) is 13.2. The first kappa shape index (κ1) is 25.6. The van der Waals surface area contributed by atoms with E-state index in [-0.39, 0.29) is 6.42 Å². The Bertz CT molecular complexity index is 1200. The van der Waals surface area contributed by atoms with E-state index in [2.05, 4.69) is 16.1 Å². The van der Waals surface area contributed by atoms with Crippen LogP contribution in [0.25, 0.3) is 0 Å². The first-order chi connectivity index (χ1) is 17.1. The summed E-state index contributed by atoms with van der Waals surface area (Å²) in [6.07, 6.45) is -1.80. The summed E-state index contributed by atoms with van der Waals surface area (Å²) in [5, 5.41) is 13.9. The molecule has 2 aliphatic carbocycles. The van der Waals surface area contributed by atoms with Gasteiger partial charge in [-0.1, -0.05) is 36.4 Å². The van der Waals surface area contributed by atoms with Crippen LogP contribution in [-0.4, -0.2) is 29.6 Å². The number of hydrogen-bond acceptors (Lipinski definition) is 3. The monoisotopic (exact) mass is 505 g/mol. The van der Waals surface area contributed by atoms with Crippen LogP contribution in [0.3, 0.4) is 0 Å². The van der Waals surface area contributed by atoms with Crippen molar-refractivity contribution in [2.75, 3.05) is 0 Å². The standard InChI is InChI=1S/C27H24F5NO3/c28-19-11-8-18(9-12-19)24(34)23(33-25(35)22-13-10-17-5-1-2-7-21(17)22)15-16-4-3-6-20(14-16)36-27(31,32)26(29)30/h3-6,8-14,23-24,26,34H,1-2,7,15H2,(H,33,35). The van der Waals surface area contributed by atoms with Gasteiger partial charge in [-0.2, -0.15) is 17.6 Å². The normalized spacial score (nSPS) is 17.0. The number of allylic oxidation sites excluding steroid dienone is 4. The predicted molar refractivity (Wildman–Crippen MR) is 123 cm³/mol. The molecule has 0 saturated heterocycles. The maximum atomic E-state index is 13.4. The molecule has 2 aromatic rings. The van der Waals surface area contributed by atoms with Crippen molar-refractivity contribution in [3.8, 4) is 5.75 Å². The van der Waals surface area contributed by atoms with Crippen LogP contribution in [0.15, 0.2) is 83.5 Å². The molecule has 0 aliphatic heterocycles. The SMILES string of the molecule is O=C(NC(Cc1cccc(OC(F)(F)C(F)F)c1)C(O)c1ccc(F)cc1)C1=C2CCCC=C2C=C1. The number of benzene rings is 2. The van der Waals surface area contributed by atoms with Gasteiger partial charge in [-0.3, -0.25) is 4.79 Å². The average molecular weight is 505 g/mol.